The van der Waals surface area contributed by atoms with E-state index >= 15 is 0 Å². The fraction of sp³-hybridized carbons (Fsp3) is 0.478. The number of rotatable bonds is 17. The number of hydrogen-bond acceptors (Lipinski definition) is 8. The largest absolute Gasteiger partial charge is 0.465 e. The van der Waals surface area contributed by atoms with Crippen molar-refractivity contribution in [2.24, 2.45) is 10.8 Å². The number of amides is 5. The van der Waals surface area contributed by atoms with Crippen LogP contribution in [0.4, 0.5) is 9.59 Å². The number of carbonyl (C=O) groups excluding carboxylic acids is 3. The van der Waals surface area contributed by atoms with E-state index < -0.39 is 53.1 Å². The molecular weight excluding hydrogens is 779 g/mol. The van der Waals surface area contributed by atoms with E-state index in [9.17, 15) is 29.4 Å². The minimum Gasteiger partial charge on any atom is -0.465 e. The van der Waals surface area contributed by atoms with Crippen LogP contribution in [0.3, 0.4) is 0 Å². The van der Waals surface area contributed by atoms with Gasteiger partial charge in [-0.2, -0.15) is 0 Å². The molecule has 2 aromatic carbocycles. The maximum absolute atomic E-state index is 14.6. The van der Waals surface area contributed by atoms with Gasteiger partial charge in [-0.1, -0.05) is 116 Å². The van der Waals surface area contributed by atoms with Gasteiger partial charge in [-0.25, -0.2) is 14.6 Å². The van der Waals surface area contributed by atoms with Gasteiger partial charge in [0.05, 0.1) is 35.1 Å². The van der Waals surface area contributed by atoms with Crippen LogP contribution in [-0.2, 0) is 29.0 Å². The van der Waals surface area contributed by atoms with E-state index in [1.807, 2.05) is 98.9 Å². The van der Waals surface area contributed by atoms with Crippen LogP contribution in [0.15, 0.2) is 84.4 Å². The first kappa shape index (κ1) is 45.7. The summed E-state index contributed by atoms with van der Waals surface area (Å²) in [6.45, 7) is 16.4. The summed E-state index contributed by atoms with van der Waals surface area (Å²) in [5.74, 6) is -0.632. The van der Waals surface area contributed by atoms with E-state index in [0.29, 0.717) is 26.1 Å². The first-order valence-corrected chi connectivity index (χ1v) is 21.5. The fourth-order valence-electron chi connectivity index (χ4n) is 7.62. The number of nitrogens with one attached hydrogen (secondary N) is 3. The van der Waals surface area contributed by atoms with Crippen molar-refractivity contribution in [1.82, 2.24) is 35.7 Å². The topological polar surface area (TPSA) is 177 Å². The summed E-state index contributed by atoms with van der Waals surface area (Å²) in [5, 5.41) is 33.3. The van der Waals surface area contributed by atoms with E-state index in [0.717, 1.165) is 33.1 Å². The molecule has 0 aliphatic carbocycles. The molecule has 4 aromatic rings. The molecule has 1 fully saturated rings. The second kappa shape index (κ2) is 19.8. The minimum atomic E-state index is -1.34. The zero-order valence-electron chi connectivity index (χ0n) is 36.0. The third-order valence-electron chi connectivity index (χ3n) is 10.7. The Kier molecular flexibility index (Phi) is 15.1. The Morgan fingerprint density at radius 2 is 1.48 bits per heavy atom. The number of benzene rings is 2. The quantitative estimate of drug-likeness (QED) is 0.0766. The van der Waals surface area contributed by atoms with Gasteiger partial charge >= 0.3 is 12.1 Å². The predicted molar refractivity (Wildman–Crippen MR) is 234 cm³/mol. The van der Waals surface area contributed by atoms with Crippen LogP contribution in [0.5, 0.6) is 0 Å². The van der Waals surface area contributed by atoms with E-state index in [4.69, 9.17) is 4.98 Å². The van der Waals surface area contributed by atoms with Gasteiger partial charge in [-0.3, -0.25) is 14.6 Å². The number of nitrogens with zero attached hydrogens (tertiary/aromatic N) is 4. The molecule has 0 unspecified atom stereocenters. The van der Waals surface area contributed by atoms with Crippen molar-refractivity contribution in [3.05, 3.63) is 106 Å². The molecule has 0 radical (unpaired) electrons. The highest BCUT2D eigenvalue weighted by atomic mass is 32.1. The van der Waals surface area contributed by atoms with Gasteiger partial charge < -0.3 is 36.0 Å². The molecule has 1 saturated heterocycles. The Hall–Kier alpha value is -5.34. The number of carboxylic acid groups (broad SMARTS) is 1. The number of aliphatic hydroxyl groups is 1. The summed E-state index contributed by atoms with van der Waals surface area (Å²) in [5.41, 5.74) is 2.86. The third-order valence-corrected chi connectivity index (χ3v) is 11.9. The molecular formula is C46H61N7O6S. The van der Waals surface area contributed by atoms with E-state index in [1.165, 1.54) is 0 Å². The summed E-state index contributed by atoms with van der Waals surface area (Å²) < 4.78 is 0. The Morgan fingerprint density at radius 1 is 0.817 bits per heavy atom. The zero-order valence-corrected chi connectivity index (χ0v) is 36.8. The Balaban J connectivity index is 1.40. The number of carbonyl (C=O) groups is 4. The molecule has 1 aliphatic rings. The maximum Gasteiger partial charge on any atom is 0.405 e. The molecule has 0 saturated carbocycles. The van der Waals surface area contributed by atoms with Gasteiger partial charge in [0.15, 0.2) is 0 Å². The number of aromatic nitrogens is 2. The summed E-state index contributed by atoms with van der Waals surface area (Å²) in [7, 11) is 0. The highest BCUT2D eigenvalue weighted by molar-refractivity contribution is 7.09. The molecule has 2 aromatic heterocycles. The molecule has 60 heavy (non-hydrogen) atoms. The van der Waals surface area contributed by atoms with Gasteiger partial charge in [0.25, 0.3) is 0 Å². The zero-order chi connectivity index (χ0) is 43.8. The van der Waals surface area contributed by atoms with E-state index in [-0.39, 0.29) is 30.7 Å². The molecule has 5 amide bonds. The van der Waals surface area contributed by atoms with Crippen LogP contribution in [0, 0.1) is 10.8 Å². The smallest absolute Gasteiger partial charge is 0.405 e. The Morgan fingerprint density at radius 3 is 2.07 bits per heavy atom. The third kappa shape index (κ3) is 12.4. The lowest BCUT2D eigenvalue weighted by Crippen LogP contribution is -2.59. The molecule has 0 bridgehead atoms. The van der Waals surface area contributed by atoms with Crippen molar-refractivity contribution in [3.8, 4) is 11.3 Å². The number of hydrogen-bond donors (Lipinski definition) is 5. The Bertz CT molecular complexity index is 2050. The summed E-state index contributed by atoms with van der Waals surface area (Å²) in [6, 6.07) is 19.3. The average Bonchev–Trinajstić information content (AvgIpc) is 3.80. The molecule has 5 N–H and O–H groups in total. The highest BCUT2D eigenvalue weighted by Crippen LogP contribution is 2.30. The van der Waals surface area contributed by atoms with Crippen LogP contribution in [-0.4, -0.2) is 97.3 Å². The molecule has 14 heteroatoms. The number of thiazole rings is 1. The normalized spacial score (nSPS) is 15.9. The van der Waals surface area contributed by atoms with Crippen molar-refractivity contribution < 1.29 is 29.4 Å². The van der Waals surface area contributed by atoms with Gasteiger partial charge in [0, 0.05) is 42.2 Å². The average molecular weight is 840 g/mol. The summed E-state index contributed by atoms with van der Waals surface area (Å²) >= 11 is 1.58. The van der Waals surface area contributed by atoms with Crippen molar-refractivity contribution in [1.29, 1.82) is 0 Å². The second-order valence-corrected chi connectivity index (χ2v) is 19.1. The lowest BCUT2D eigenvalue weighted by atomic mass is 9.84. The number of aliphatic hydroxyl groups excluding tert-OH is 1. The minimum absolute atomic E-state index is 0.0447. The van der Waals surface area contributed by atoms with Crippen LogP contribution < -0.4 is 16.0 Å². The highest BCUT2D eigenvalue weighted by Gasteiger charge is 2.44. The second-order valence-electron chi connectivity index (χ2n) is 18.2. The van der Waals surface area contributed by atoms with Crippen LogP contribution in [0.1, 0.15) is 89.6 Å². The summed E-state index contributed by atoms with van der Waals surface area (Å²) in [6.07, 6.45) is -0.175. The van der Waals surface area contributed by atoms with E-state index in [1.54, 1.807) is 48.1 Å². The van der Waals surface area contributed by atoms with Crippen LogP contribution in [0.2, 0.25) is 0 Å². The van der Waals surface area contributed by atoms with Crippen LogP contribution in [0.25, 0.3) is 11.3 Å². The van der Waals surface area contributed by atoms with Gasteiger partial charge in [0.1, 0.15) is 12.1 Å². The first-order chi connectivity index (χ1) is 28.3. The molecule has 3 heterocycles. The Labute approximate surface area is 358 Å². The molecule has 5 atom stereocenters. The number of pyridine rings is 1. The predicted octanol–water partition coefficient (Wildman–Crippen LogP) is 6.87. The van der Waals surface area contributed by atoms with Crippen molar-refractivity contribution in [3.63, 3.8) is 0 Å². The molecule has 322 valence electrons. The lowest BCUT2D eigenvalue weighted by molar-refractivity contribution is -0.130. The van der Waals surface area contributed by atoms with Crippen molar-refractivity contribution in [2.75, 3.05) is 13.1 Å². The van der Waals surface area contributed by atoms with Crippen molar-refractivity contribution >= 4 is 35.3 Å². The van der Waals surface area contributed by atoms with Gasteiger partial charge in [0.2, 0.25) is 11.8 Å². The number of urea groups is 1. The molecule has 5 rings (SSSR count). The van der Waals surface area contributed by atoms with Crippen LogP contribution >= 0.6 is 11.3 Å². The standard InChI is InChI=1S/C46H61N7O6S/c1-29(2)42-49-34(28-60-42)27-52-22-23-53(44(52)59)39(46(6,7)8)41(56)48-33(24-30-14-10-9-11-15-30)26-37(54)36(50-40(55)38(45(3,4)5)51-43(57)58)25-31-17-19-32(20-18-31)35-16-12-13-21-47-35/h9-21,28-29,33,36-39,51,54H,22-27H2,1-8H3,(H,48,56)(H,50,55)(H,57,58)/t33-,36-,37+,38+,39+/m0/s1. The molecule has 1 aliphatic heterocycles. The fourth-order valence-corrected chi connectivity index (χ4v) is 8.45. The lowest BCUT2D eigenvalue weighted by Gasteiger charge is -2.38. The maximum atomic E-state index is 14.6. The molecule has 13 nitrogen and oxygen atoms in total. The van der Waals surface area contributed by atoms with E-state index in [2.05, 4.69) is 34.8 Å². The SMILES string of the molecule is CC(C)c1nc(CN2CCN([C@H](C(=O)N[C@@H](Cc3ccccc3)C[C@@H](O)[C@H](Cc3ccc(-c4ccccn4)cc3)NC(=O)[C@@H](NC(=O)O)C(C)(C)C)C(C)(C)C)C2=O)cs1. The monoisotopic (exact) mass is 839 g/mol. The first-order valence-electron chi connectivity index (χ1n) is 20.6. The summed E-state index contributed by atoms with van der Waals surface area (Å²) in [4.78, 5) is 66.8. The molecule has 0 spiro atoms. The van der Waals surface area contributed by atoms with Gasteiger partial charge in [-0.15, -0.1) is 11.3 Å². The van der Waals surface area contributed by atoms with Crippen molar-refractivity contribution in [2.45, 2.75) is 117 Å². The van der Waals surface area contributed by atoms with Gasteiger partial charge in [-0.05, 0) is 53.4 Å².